The fourth-order valence-electron chi connectivity index (χ4n) is 5.82. The molecule has 4 heterocycles. The van der Waals surface area contributed by atoms with Crippen LogP contribution in [-0.4, -0.2) is 113 Å². The Bertz CT molecular complexity index is 731. The van der Waals surface area contributed by atoms with Crippen molar-refractivity contribution in [2.24, 2.45) is 11.8 Å². The molecule has 240 valence electrons. The van der Waals surface area contributed by atoms with Gasteiger partial charge in [0.25, 0.3) is 0 Å². The lowest BCUT2D eigenvalue weighted by atomic mass is 9.98. The zero-order valence-electron chi connectivity index (χ0n) is 24.8. The molecule has 12 atom stereocenters. The summed E-state index contributed by atoms with van der Waals surface area (Å²) in [6.45, 7) is 5.76. The molecular weight excluding hydrogens is 544 g/mol. The van der Waals surface area contributed by atoms with E-state index in [0.29, 0.717) is 52.1 Å². The summed E-state index contributed by atoms with van der Waals surface area (Å²) in [6.07, 6.45) is 2.46. The summed E-state index contributed by atoms with van der Waals surface area (Å²) in [6, 6.07) is 0. The fourth-order valence-corrected chi connectivity index (χ4v) is 5.82. The van der Waals surface area contributed by atoms with Crippen molar-refractivity contribution < 1.29 is 62.9 Å². The van der Waals surface area contributed by atoms with Crippen LogP contribution in [-0.2, 0) is 52.6 Å². The third kappa shape index (κ3) is 10.00. The summed E-state index contributed by atoms with van der Waals surface area (Å²) in [5.74, 6) is 0.476. The van der Waals surface area contributed by atoms with E-state index in [4.69, 9.17) is 52.8 Å². The van der Waals surface area contributed by atoms with Gasteiger partial charge in [0.2, 0.25) is 0 Å². The second-order valence-corrected chi connectivity index (χ2v) is 11.7. The molecule has 41 heavy (non-hydrogen) atoms. The van der Waals surface area contributed by atoms with Crippen molar-refractivity contribution in [1.82, 2.24) is 0 Å². The maximum atomic E-state index is 9.96. The molecule has 0 bridgehead atoms. The Labute approximate surface area is 242 Å². The molecule has 0 aliphatic carbocycles. The normalized spacial score (nSPS) is 42.3. The monoisotopic (exact) mass is 594 g/mol. The lowest BCUT2D eigenvalue weighted by Crippen LogP contribution is -2.46. The van der Waals surface area contributed by atoms with Crippen LogP contribution in [0.4, 0.5) is 0 Å². The topological polar surface area (TPSA) is 142 Å². The van der Waals surface area contributed by atoms with Gasteiger partial charge in [0.05, 0.1) is 50.8 Å². The van der Waals surface area contributed by atoms with E-state index < -0.39 is 24.8 Å². The van der Waals surface area contributed by atoms with Crippen molar-refractivity contribution in [2.75, 3.05) is 40.6 Å². The summed E-state index contributed by atoms with van der Waals surface area (Å²) < 4.78 is 53.1. The number of aliphatic hydroxyl groups excluding tert-OH is 1. The van der Waals surface area contributed by atoms with E-state index in [2.05, 4.69) is 18.9 Å². The third-order valence-corrected chi connectivity index (χ3v) is 8.39. The summed E-state index contributed by atoms with van der Waals surface area (Å²) in [7, 11) is 3.15. The van der Waals surface area contributed by atoms with E-state index in [0.717, 1.165) is 25.7 Å². The molecular formula is C28H50O13. The van der Waals surface area contributed by atoms with Crippen LogP contribution in [0.25, 0.3) is 0 Å². The minimum atomic E-state index is -0.711. The van der Waals surface area contributed by atoms with Crippen molar-refractivity contribution in [3.05, 3.63) is 0 Å². The van der Waals surface area contributed by atoms with Crippen LogP contribution < -0.4 is 0 Å². The molecule has 0 amide bonds. The maximum absolute atomic E-state index is 9.96. The van der Waals surface area contributed by atoms with Crippen LogP contribution in [0.15, 0.2) is 0 Å². The van der Waals surface area contributed by atoms with Crippen LogP contribution in [0, 0.1) is 11.8 Å². The molecule has 0 radical (unpaired) electrons. The van der Waals surface area contributed by atoms with Gasteiger partial charge in [-0.1, -0.05) is 18.9 Å². The van der Waals surface area contributed by atoms with Crippen LogP contribution in [0.2, 0.25) is 0 Å². The van der Waals surface area contributed by atoms with Gasteiger partial charge in [-0.15, -0.1) is 0 Å². The molecule has 4 aliphatic heterocycles. The maximum Gasteiger partial charge on any atom is 0.187 e. The van der Waals surface area contributed by atoms with Gasteiger partial charge >= 0.3 is 0 Å². The van der Waals surface area contributed by atoms with Gasteiger partial charge in [-0.2, -0.15) is 4.89 Å². The average molecular weight is 595 g/mol. The summed E-state index contributed by atoms with van der Waals surface area (Å²) in [4.78, 5) is 4.94. The SMILES string of the molecule is COCC1CCC(OOO)[C@@H](OCC2CCC(C)[C@@H](OCC3CCC(C)[C@@H](OCC4CCC(O)[C@@H](OC)O4)O3)O2)O1. The average Bonchev–Trinajstić information content (AvgIpc) is 2.98. The van der Waals surface area contributed by atoms with Gasteiger partial charge in [0.1, 0.15) is 12.2 Å². The van der Waals surface area contributed by atoms with E-state index in [-0.39, 0.29) is 48.8 Å². The Morgan fingerprint density at radius 1 is 0.585 bits per heavy atom. The Morgan fingerprint density at radius 3 is 1.59 bits per heavy atom. The van der Waals surface area contributed by atoms with Crippen molar-refractivity contribution in [3.63, 3.8) is 0 Å². The predicted molar refractivity (Wildman–Crippen MR) is 141 cm³/mol. The molecule has 0 aromatic rings. The first-order valence-electron chi connectivity index (χ1n) is 15.0. The first kappa shape index (κ1) is 33.4. The Hall–Kier alpha value is -0.520. The third-order valence-electron chi connectivity index (χ3n) is 8.39. The van der Waals surface area contributed by atoms with E-state index in [1.165, 1.54) is 7.11 Å². The Morgan fingerprint density at radius 2 is 1.05 bits per heavy atom. The van der Waals surface area contributed by atoms with Gasteiger partial charge in [-0.3, -0.25) is 0 Å². The van der Waals surface area contributed by atoms with Gasteiger partial charge in [0.15, 0.2) is 25.2 Å². The minimum absolute atomic E-state index is 0.103. The van der Waals surface area contributed by atoms with Gasteiger partial charge < -0.3 is 47.7 Å². The van der Waals surface area contributed by atoms with Gasteiger partial charge in [0, 0.05) is 26.1 Å². The predicted octanol–water partition coefficient (Wildman–Crippen LogP) is 2.77. The van der Waals surface area contributed by atoms with Crippen molar-refractivity contribution in [2.45, 2.75) is 127 Å². The number of rotatable bonds is 14. The molecule has 0 aromatic heterocycles. The van der Waals surface area contributed by atoms with E-state index in [1.54, 1.807) is 7.11 Å². The largest absolute Gasteiger partial charge is 0.388 e. The molecule has 0 spiro atoms. The molecule has 2 N–H and O–H groups in total. The van der Waals surface area contributed by atoms with Gasteiger partial charge in [-0.25, -0.2) is 5.26 Å². The second-order valence-electron chi connectivity index (χ2n) is 11.7. The first-order valence-corrected chi connectivity index (χ1v) is 15.0. The second kappa shape index (κ2) is 17.1. The van der Waals surface area contributed by atoms with Crippen LogP contribution in [0.3, 0.4) is 0 Å². The fraction of sp³-hybridized carbons (Fsp3) is 1.00. The highest BCUT2D eigenvalue weighted by Crippen LogP contribution is 2.31. The highest BCUT2D eigenvalue weighted by atomic mass is 17.5. The molecule has 4 fully saturated rings. The zero-order chi connectivity index (χ0) is 29.2. The summed E-state index contributed by atoms with van der Waals surface area (Å²) in [5, 5.41) is 22.6. The Kier molecular flexibility index (Phi) is 13.9. The number of hydrogen-bond donors (Lipinski definition) is 2. The molecule has 4 aliphatic rings. The standard InChI is InChI=1S/C28H50O13/c1-17-5-7-20(36-26(17)34-15-22-9-11-23(29)27(32-4)38-22)14-33-25-18(2)6-8-21(37-25)16-35-28-24(40-41-30)12-10-19(39-28)13-31-3/h17-30H,5-16H2,1-4H3/t17?,18?,19?,20?,21?,22?,23?,24?,25-,26-,27-,28-/m0/s1. The van der Waals surface area contributed by atoms with E-state index in [9.17, 15) is 5.11 Å². The van der Waals surface area contributed by atoms with Crippen LogP contribution in [0.1, 0.15) is 65.2 Å². The highest BCUT2D eigenvalue weighted by molar-refractivity contribution is 4.78. The highest BCUT2D eigenvalue weighted by Gasteiger charge is 2.37. The zero-order valence-corrected chi connectivity index (χ0v) is 24.8. The smallest absolute Gasteiger partial charge is 0.187 e. The number of aliphatic hydroxyl groups is 1. The number of ether oxygens (including phenoxy) is 9. The first-order chi connectivity index (χ1) is 19.9. The van der Waals surface area contributed by atoms with Crippen molar-refractivity contribution in [3.8, 4) is 0 Å². The van der Waals surface area contributed by atoms with Crippen molar-refractivity contribution >= 4 is 0 Å². The van der Waals surface area contributed by atoms with Crippen LogP contribution in [0.5, 0.6) is 0 Å². The lowest BCUT2D eigenvalue weighted by Gasteiger charge is -2.39. The molecule has 13 heteroatoms. The molecule has 0 saturated carbocycles. The quantitative estimate of drug-likeness (QED) is 0.225. The minimum Gasteiger partial charge on any atom is -0.388 e. The number of hydrogen-bond acceptors (Lipinski definition) is 13. The molecule has 0 aromatic carbocycles. The molecule has 4 rings (SSSR count). The van der Waals surface area contributed by atoms with Gasteiger partial charge in [-0.05, 0) is 51.4 Å². The lowest BCUT2D eigenvalue weighted by molar-refractivity contribution is -0.522. The number of methoxy groups -OCH3 is 2. The molecule has 8 unspecified atom stereocenters. The Balaban J connectivity index is 1.19. The van der Waals surface area contributed by atoms with Crippen LogP contribution >= 0.6 is 0 Å². The van der Waals surface area contributed by atoms with E-state index >= 15 is 0 Å². The molecule has 13 nitrogen and oxygen atoms in total. The van der Waals surface area contributed by atoms with Crippen molar-refractivity contribution in [1.29, 1.82) is 0 Å². The van der Waals surface area contributed by atoms with E-state index in [1.807, 2.05) is 0 Å². The summed E-state index contributed by atoms with van der Waals surface area (Å²) in [5.41, 5.74) is 0. The molecule has 4 saturated heterocycles. The summed E-state index contributed by atoms with van der Waals surface area (Å²) >= 11 is 0.